The monoisotopic (exact) mass is 553 g/mol. The van der Waals surface area contributed by atoms with Gasteiger partial charge >= 0.3 is 12.0 Å². The molecule has 0 radical (unpaired) electrons. The highest BCUT2D eigenvalue weighted by Gasteiger charge is 2.43. The molecule has 216 valence electrons. The molecular formula is C28H39N7O5. The number of Topliss-reactive ketones (excluding diaryl/α,β-unsaturated/α-hetero) is 1. The number of carbonyl (C=O) groups excluding carboxylic acids is 3. The number of unbranched alkanes of at least 4 members (excludes halogenated alkanes) is 1. The van der Waals surface area contributed by atoms with Gasteiger partial charge in [0.1, 0.15) is 5.54 Å². The van der Waals surface area contributed by atoms with E-state index >= 15 is 0 Å². The van der Waals surface area contributed by atoms with Gasteiger partial charge in [0.05, 0.1) is 23.1 Å². The summed E-state index contributed by atoms with van der Waals surface area (Å²) < 4.78 is 0. The SMILES string of the molecule is Cc1ccccc1N(N)C(=O)N(N)c1ccc(N(N)C(C)(C)C(=O)[C@@H]2CCCN2C(=O)CCCCC(=O)O)cc1. The molecule has 12 heteroatoms. The highest BCUT2D eigenvalue weighted by molar-refractivity contribution is 6.02. The number of benzene rings is 2. The molecule has 0 unspecified atom stereocenters. The number of urea groups is 1. The predicted molar refractivity (Wildman–Crippen MR) is 153 cm³/mol. The van der Waals surface area contributed by atoms with Crippen LogP contribution in [0.4, 0.5) is 21.9 Å². The second-order valence-corrected chi connectivity index (χ2v) is 10.5. The highest BCUT2D eigenvalue weighted by Crippen LogP contribution is 2.30. The maximum absolute atomic E-state index is 13.6. The van der Waals surface area contributed by atoms with Gasteiger partial charge in [0.25, 0.3) is 0 Å². The van der Waals surface area contributed by atoms with Gasteiger partial charge in [-0.3, -0.25) is 19.4 Å². The maximum Gasteiger partial charge on any atom is 0.357 e. The Labute approximate surface area is 234 Å². The minimum Gasteiger partial charge on any atom is -0.481 e. The van der Waals surface area contributed by atoms with E-state index in [-0.39, 0.29) is 24.5 Å². The molecule has 1 saturated heterocycles. The molecular weight excluding hydrogens is 514 g/mol. The molecule has 12 nitrogen and oxygen atoms in total. The third kappa shape index (κ3) is 6.76. The smallest absolute Gasteiger partial charge is 0.357 e. The van der Waals surface area contributed by atoms with Crippen molar-refractivity contribution in [3.05, 3.63) is 54.1 Å². The van der Waals surface area contributed by atoms with E-state index in [4.69, 9.17) is 22.6 Å². The van der Waals surface area contributed by atoms with E-state index in [2.05, 4.69) is 0 Å². The standard InChI is InChI=1S/C28H39N7O5/c1-19-9-4-5-10-22(19)34(30)27(40)33(29)20-14-16-21(17-15-20)35(31)28(2,3)26(39)23-11-8-18-32(23)24(36)12-6-7-13-25(37)38/h4-5,9-10,14-17,23H,6-8,11-13,18,29-31H2,1-3H3,(H,37,38)/t23-/m0/s1. The Balaban J connectivity index is 1.67. The van der Waals surface area contributed by atoms with Crippen molar-refractivity contribution in [2.45, 2.75) is 70.9 Å². The molecule has 1 fully saturated rings. The van der Waals surface area contributed by atoms with Crippen LogP contribution >= 0.6 is 0 Å². The number of amides is 3. The Morgan fingerprint density at radius 3 is 2.15 bits per heavy atom. The zero-order valence-electron chi connectivity index (χ0n) is 23.2. The Kier molecular flexibility index (Phi) is 9.85. The fourth-order valence-electron chi connectivity index (χ4n) is 4.82. The number of aliphatic carboxylic acids is 1. The number of carbonyl (C=O) groups is 4. The first-order chi connectivity index (χ1) is 18.9. The number of likely N-dealkylation sites (tertiary alicyclic amines) is 1. The Bertz CT molecular complexity index is 1230. The third-order valence-electron chi connectivity index (χ3n) is 7.31. The molecule has 0 aliphatic carbocycles. The molecule has 3 amide bonds. The van der Waals surface area contributed by atoms with E-state index in [1.165, 1.54) is 5.01 Å². The lowest BCUT2D eigenvalue weighted by atomic mass is 9.90. The average molecular weight is 554 g/mol. The molecule has 7 N–H and O–H groups in total. The number of ketones is 1. The van der Waals surface area contributed by atoms with Crippen LogP contribution < -0.4 is 32.6 Å². The van der Waals surface area contributed by atoms with Gasteiger partial charge in [-0.2, -0.15) is 0 Å². The fraction of sp³-hybridized carbons (Fsp3) is 0.429. The van der Waals surface area contributed by atoms with Crippen LogP contribution in [0.1, 0.15) is 57.9 Å². The summed E-state index contributed by atoms with van der Waals surface area (Å²) in [5.41, 5.74) is 1.05. The largest absolute Gasteiger partial charge is 0.481 e. The Morgan fingerprint density at radius 2 is 1.52 bits per heavy atom. The number of anilines is 3. The van der Waals surface area contributed by atoms with Crippen molar-refractivity contribution in [2.24, 2.45) is 17.5 Å². The molecule has 1 atom stereocenters. The lowest BCUT2D eigenvalue weighted by Crippen LogP contribution is -2.60. The first-order valence-electron chi connectivity index (χ1n) is 13.3. The van der Waals surface area contributed by atoms with Crippen molar-refractivity contribution in [1.82, 2.24) is 4.90 Å². The number of nitrogens with zero attached hydrogens (tertiary/aromatic N) is 4. The number of carboxylic acids is 1. The lowest BCUT2D eigenvalue weighted by Gasteiger charge is -2.38. The number of hydrogen-bond acceptors (Lipinski definition) is 8. The van der Waals surface area contributed by atoms with Gasteiger partial charge in [0.2, 0.25) is 5.91 Å². The number of nitrogens with two attached hydrogens (primary N) is 3. The van der Waals surface area contributed by atoms with Crippen molar-refractivity contribution in [1.29, 1.82) is 0 Å². The molecule has 1 aliphatic rings. The quantitative estimate of drug-likeness (QED) is 0.141. The minimum absolute atomic E-state index is 0.0108. The molecule has 1 aliphatic heterocycles. The molecule has 2 aromatic carbocycles. The topological polar surface area (TPSA) is 180 Å². The van der Waals surface area contributed by atoms with Gasteiger partial charge in [-0.1, -0.05) is 18.2 Å². The predicted octanol–water partition coefficient (Wildman–Crippen LogP) is 2.84. The van der Waals surface area contributed by atoms with Crippen LogP contribution in [0, 0.1) is 6.92 Å². The van der Waals surface area contributed by atoms with Crippen molar-refractivity contribution >= 4 is 40.8 Å². The summed E-state index contributed by atoms with van der Waals surface area (Å²) in [7, 11) is 0. The highest BCUT2D eigenvalue weighted by atomic mass is 16.4. The van der Waals surface area contributed by atoms with Crippen LogP contribution in [-0.4, -0.2) is 51.8 Å². The lowest BCUT2D eigenvalue weighted by molar-refractivity contribution is -0.139. The van der Waals surface area contributed by atoms with Crippen LogP contribution in [-0.2, 0) is 14.4 Å². The number of carboxylic acid groups (broad SMARTS) is 1. The summed E-state index contributed by atoms with van der Waals surface area (Å²) in [4.78, 5) is 51.6. The fourth-order valence-corrected chi connectivity index (χ4v) is 4.82. The van der Waals surface area contributed by atoms with E-state index in [9.17, 15) is 19.2 Å². The number of hydrogen-bond donors (Lipinski definition) is 4. The summed E-state index contributed by atoms with van der Waals surface area (Å²) in [5, 5.41) is 12.0. The van der Waals surface area contributed by atoms with Crippen LogP contribution in [0.3, 0.4) is 0 Å². The van der Waals surface area contributed by atoms with Crippen LogP contribution in [0.2, 0.25) is 0 Å². The normalized spacial score (nSPS) is 15.1. The zero-order chi connectivity index (χ0) is 29.6. The number of aryl methyl sites for hydroxylation is 1. The average Bonchev–Trinajstić information content (AvgIpc) is 3.43. The molecule has 40 heavy (non-hydrogen) atoms. The molecule has 0 saturated carbocycles. The Morgan fingerprint density at radius 1 is 0.925 bits per heavy atom. The third-order valence-corrected chi connectivity index (χ3v) is 7.31. The second kappa shape index (κ2) is 12.9. The van der Waals surface area contributed by atoms with Gasteiger partial charge in [0.15, 0.2) is 5.78 Å². The van der Waals surface area contributed by atoms with E-state index in [1.54, 1.807) is 55.1 Å². The van der Waals surface area contributed by atoms with Crippen LogP contribution in [0.25, 0.3) is 0 Å². The van der Waals surface area contributed by atoms with Gasteiger partial charge in [-0.05, 0) is 82.3 Å². The van der Waals surface area contributed by atoms with Gasteiger partial charge in [-0.15, -0.1) is 0 Å². The summed E-state index contributed by atoms with van der Waals surface area (Å²) in [6.45, 7) is 5.71. The summed E-state index contributed by atoms with van der Waals surface area (Å²) >= 11 is 0. The van der Waals surface area contributed by atoms with E-state index in [1.807, 2.05) is 19.1 Å². The Hall–Kier alpha value is -4.00. The first-order valence-corrected chi connectivity index (χ1v) is 13.3. The molecule has 1 heterocycles. The maximum atomic E-state index is 13.6. The van der Waals surface area contributed by atoms with Gasteiger partial charge < -0.3 is 10.0 Å². The molecule has 2 aromatic rings. The molecule has 0 aromatic heterocycles. The van der Waals surface area contributed by atoms with Crippen LogP contribution in [0.15, 0.2) is 48.5 Å². The number of hydrazine groups is 3. The van der Waals surface area contributed by atoms with Crippen molar-refractivity contribution in [2.75, 3.05) is 21.6 Å². The number of para-hydroxylation sites is 1. The van der Waals surface area contributed by atoms with Gasteiger partial charge in [-0.25, -0.2) is 32.3 Å². The molecule has 0 bridgehead atoms. The first kappa shape index (κ1) is 30.5. The van der Waals surface area contributed by atoms with Crippen molar-refractivity contribution in [3.63, 3.8) is 0 Å². The van der Waals surface area contributed by atoms with Crippen molar-refractivity contribution < 1.29 is 24.3 Å². The van der Waals surface area contributed by atoms with Crippen LogP contribution in [0.5, 0.6) is 0 Å². The van der Waals surface area contributed by atoms with E-state index < -0.39 is 23.6 Å². The summed E-state index contributed by atoms with van der Waals surface area (Å²) in [5.74, 6) is 17.3. The van der Waals surface area contributed by atoms with E-state index in [0.29, 0.717) is 49.3 Å². The molecule has 3 rings (SSSR count). The second-order valence-electron chi connectivity index (χ2n) is 10.5. The zero-order valence-corrected chi connectivity index (χ0v) is 23.2. The van der Waals surface area contributed by atoms with Crippen molar-refractivity contribution in [3.8, 4) is 0 Å². The number of rotatable bonds is 11. The van der Waals surface area contributed by atoms with Gasteiger partial charge in [0, 0.05) is 19.4 Å². The minimum atomic E-state index is -1.16. The summed E-state index contributed by atoms with van der Waals surface area (Å²) in [6, 6.07) is 12.4. The summed E-state index contributed by atoms with van der Waals surface area (Å²) in [6.07, 6.45) is 2.31. The van der Waals surface area contributed by atoms with E-state index in [0.717, 1.165) is 15.6 Å². The molecule has 0 spiro atoms.